The van der Waals surface area contributed by atoms with Crippen LogP contribution < -0.4 is 4.90 Å². The van der Waals surface area contributed by atoms with Crippen molar-refractivity contribution < 1.29 is 11.3 Å². The molecule has 13 rings (SSSR count). The second-order valence-electron chi connectivity index (χ2n) is 16.4. The first-order chi connectivity index (χ1) is 33.8. The molecule has 64 heavy (non-hydrogen) atoms. The maximum atomic E-state index is 9.03. The summed E-state index contributed by atoms with van der Waals surface area (Å²) < 4.78 is 52.7. The molecule has 2 heterocycles. The maximum Gasteiger partial charge on any atom is 0.145 e. The van der Waals surface area contributed by atoms with Crippen molar-refractivity contribution in [3.05, 3.63) is 265 Å². The molecule has 0 amide bonds. The molecule has 300 valence electrons. The number of nitrogens with zero attached hydrogens (tertiary/aromatic N) is 2. The SMILES string of the molecule is [2H]c1c([2H])c([2H])c(-c2ccc(N(c3ccc(C4(c5ccccc5)c5ccccc5-c5ccccc54)cc3)c3ccc4c(c3)c3ccccc3n4-c3ccccc3)c3c2oc2ccccc23)c([2H])c1[2H]. The van der Waals surface area contributed by atoms with Crippen LogP contribution in [0, 0.1) is 0 Å². The van der Waals surface area contributed by atoms with Gasteiger partial charge in [-0.25, -0.2) is 0 Å². The molecular weight excluding hydrogens is 777 g/mol. The van der Waals surface area contributed by atoms with Gasteiger partial charge >= 0.3 is 0 Å². The Hall–Kier alpha value is -8.40. The highest BCUT2D eigenvalue weighted by molar-refractivity contribution is 6.18. The Bertz CT molecular complexity index is 3950. The summed E-state index contributed by atoms with van der Waals surface area (Å²) in [5.41, 5.74) is 14.0. The van der Waals surface area contributed by atoms with Crippen molar-refractivity contribution >= 4 is 60.8 Å². The van der Waals surface area contributed by atoms with Gasteiger partial charge in [-0.1, -0.05) is 176 Å². The summed E-state index contributed by atoms with van der Waals surface area (Å²) in [6.07, 6.45) is 0. The van der Waals surface area contributed by atoms with Gasteiger partial charge in [0.05, 0.1) is 34.4 Å². The van der Waals surface area contributed by atoms with Crippen LogP contribution in [0.3, 0.4) is 0 Å². The Morgan fingerprint density at radius 3 is 1.80 bits per heavy atom. The summed E-state index contributed by atoms with van der Waals surface area (Å²) in [7, 11) is 0. The van der Waals surface area contributed by atoms with Gasteiger partial charge in [-0.15, -0.1) is 0 Å². The van der Waals surface area contributed by atoms with Crippen LogP contribution in [0.15, 0.2) is 247 Å². The molecular formula is C61H40N2O. The first kappa shape index (κ1) is 31.4. The van der Waals surface area contributed by atoms with Crippen molar-refractivity contribution in [2.24, 2.45) is 0 Å². The number of furan rings is 1. The van der Waals surface area contributed by atoms with Gasteiger partial charge in [0.15, 0.2) is 0 Å². The zero-order valence-corrected chi connectivity index (χ0v) is 34.5. The molecule has 1 aliphatic carbocycles. The van der Waals surface area contributed by atoms with E-state index in [1.165, 1.54) is 27.8 Å². The highest BCUT2D eigenvalue weighted by atomic mass is 16.3. The quantitative estimate of drug-likeness (QED) is 0.160. The summed E-state index contributed by atoms with van der Waals surface area (Å²) in [5.74, 6) is 0. The topological polar surface area (TPSA) is 21.3 Å². The number of benzene rings is 10. The third-order valence-electron chi connectivity index (χ3n) is 13.2. The molecule has 0 saturated heterocycles. The van der Waals surface area contributed by atoms with E-state index in [1.807, 2.05) is 42.5 Å². The molecule has 2 aromatic heterocycles. The minimum absolute atomic E-state index is 0.0889. The van der Waals surface area contributed by atoms with E-state index in [4.69, 9.17) is 11.3 Å². The standard InChI is InChI=1S/C61H40N2O/c1-4-18-41(19-5-1)47-37-39-57(59-51-27-13-17-31-58(51)64-60(47)59)62(46-36-38-56-52(40-46)50-26-12-16-30-55(50)63(56)44-22-8-3-9-23-44)45-34-32-43(33-35-45)61(42-20-6-2-7-21-42)53-28-14-10-24-48(53)49-25-11-15-29-54(49)61/h1-40H/i1D,4D,5D,18D,19D. The van der Waals surface area contributed by atoms with Gasteiger partial charge in [-0.2, -0.15) is 0 Å². The summed E-state index contributed by atoms with van der Waals surface area (Å²) in [6.45, 7) is 0. The van der Waals surface area contributed by atoms with E-state index in [2.05, 4.69) is 179 Å². The summed E-state index contributed by atoms with van der Waals surface area (Å²) >= 11 is 0. The highest BCUT2D eigenvalue weighted by Crippen LogP contribution is 2.56. The Morgan fingerprint density at radius 1 is 0.453 bits per heavy atom. The van der Waals surface area contributed by atoms with Gasteiger partial charge in [0, 0.05) is 38.8 Å². The van der Waals surface area contributed by atoms with Crippen molar-refractivity contribution in [2.45, 2.75) is 5.41 Å². The van der Waals surface area contributed by atoms with Gasteiger partial charge < -0.3 is 13.9 Å². The fourth-order valence-electron chi connectivity index (χ4n) is 10.5. The molecule has 3 nitrogen and oxygen atoms in total. The Balaban J connectivity index is 1.09. The molecule has 0 spiro atoms. The number of hydrogen-bond acceptors (Lipinski definition) is 2. The highest BCUT2D eigenvalue weighted by Gasteiger charge is 2.45. The molecule has 10 aromatic carbocycles. The van der Waals surface area contributed by atoms with E-state index >= 15 is 0 Å². The number of para-hydroxylation sites is 3. The number of fused-ring (bicyclic) bond motifs is 9. The fourth-order valence-corrected chi connectivity index (χ4v) is 10.5. The minimum Gasteiger partial charge on any atom is -0.455 e. The Kier molecular flexibility index (Phi) is 7.04. The van der Waals surface area contributed by atoms with Gasteiger partial charge in [0.1, 0.15) is 11.2 Å². The van der Waals surface area contributed by atoms with Crippen LogP contribution in [0.1, 0.15) is 29.1 Å². The van der Waals surface area contributed by atoms with Gasteiger partial charge in [0.2, 0.25) is 0 Å². The van der Waals surface area contributed by atoms with E-state index < -0.39 is 23.5 Å². The van der Waals surface area contributed by atoms with E-state index in [0.29, 0.717) is 16.7 Å². The van der Waals surface area contributed by atoms with Crippen LogP contribution in [0.25, 0.3) is 71.7 Å². The van der Waals surface area contributed by atoms with Gasteiger partial charge in [0.25, 0.3) is 0 Å². The molecule has 0 aliphatic heterocycles. The van der Waals surface area contributed by atoms with Crippen molar-refractivity contribution in [3.8, 4) is 27.9 Å². The second kappa shape index (κ2) is 14.3. The molecule has 1 aliphatic rings. The summed E-state index contributed by atoms with van der Waals surface area (Å²) in [5, 5.41) is 3.79. The van der Waals surface area contributed by atoms with E-state index in [9.17, 15) is 0 Å². The van der Waals surface area contributed by atoms with Crippen LogP contribution in [0.2, 0.25) is 0 Å². The molecule has 0 atom stereocenters. The average molecular weight is 822 g/mol. The number of hydrogen-bond donors (Lipinski definition) is 0. The van der Waals surface area contributed by atoms with Crippen LogP contribution in [-0.2, 0) is 5.41 Å². The first-order valence-corrected chi connectivity index (χ1v) is 21.6. The molecule has 0 bridgehead atoms. The van der Waals surface area contributed by atoms with Gasteiger partial charge in [-0.05, 0) is 106 Å². The molecule has 0 N–H and O–H groups in total. The fraction of sp³-hybridized carbons (Fsp3) is 0.0164. The van der Waals surface area contributed by atoms with Crippen LogP contribution >= 0.6 is 0 Å². The monoisotopic (exact) mass is 821 g/mol. The number of rotatable bonds is 7. The molecule has 12 aromatic rings. The Labute approximate surface area is 378 Å². The van der Waals surface area contributed by atoms with Crippen LogP contribution in [0.4, 0.5) is 17.1 Å². The average Bonchev–Trinajstić information content (AvgIpc) is 4.06. The predicted molar refractivity (Wildman–Crippen MR) is 265 cm³/mol. The maximum absolute atomic E-state index is 9.03. The van der Waals surface area contributed by atoms with Crippen molar-refractivity contribution in [1.82, 2.24) is 4.57 Å². The molecule has 0 fully saturated rings. The lowest BCUT2D eigenvalue weighted by atomic mass is 9.68. The summed E-state index contributed by atoms with van der Waals surface area (Å²) in [4.78, 5) is 2.26. The molecule has 3 heteroatoms. The van der Waals surface area contributed by atoms with Crippen molar-refractivity contribution in [3.63, 3.8) is 0 Å². The number of anilines is 3. The zero-order chi connectivity index (χ0) is 46.5. The third-order valence-corrected chi connectivity index (χ3v) is 13.2. The third kappa shape index (κ3) is 5.28. The first-order valence-electron chi connectivity index (χ1n) is 24.1. The normalized spacial score (nSPS) is 13.9. The zero-order valence-electron chi connectivity index (χ0n) is 39.5. The number of aromatic nitrogens is 1. The second-order valence-corrected chi connectivity index (χ2v) is 16.4. The van der Waals surface area contributed by atoms with Crippen molar-refractivity contribution in [2.75, 3.05) is 4.90 Å². The lowest BCUT2D eigenvalue weighted by Gasteiger charge is -2.34. The lowest BCUT2D eigenvalue weighted by molar-refractivity contribution is 0.670. The largest absolute Gasteiger partial charge is 0.455 e. The molecule has 0 saturated carbocycles. The lowest BCUT2D eigenvalue weighted by Crippen LogP contribution is -2.28. The summed E-state index contributed by atoms with van der Waals surface area (Å²) in [6, 6.07) is 72.6. The minimum atomic E-state index is -0.588. The van der Waals surface area contributed by atoms with Crippen LogP contribution in [0.5, 0.6) is 0 Å². The van der Waals surface area contributed by atoms with Crippen LogP contribution in [-0.4, -0.2) is 4.57 Å². The smallest absolute Gasteiger partial charge is 0.145 e. The van der Waals surface area contributed by atoms with E-state index in [1.54, 1.807) is 0 Å². The predicted octanol–water partition coefficient (Wildman–Crippen LogP) is 16.2. The van der Waals surface area contributed by atoms with E-state index in [-0.39, 0.29) is 17.6 Å². The Morgan fingerprint density at radius 2 is 1.05 bits per heavy atom. The van der Waals surface area contributed by atoms with Gasteiger partial charge in [-0.3, -0.25) is 0 Å². The molecule has 0 radical (unpaired) electrons. The molecule has 0 unspecified atom stereocenters. The van der Waals surface area contributed by atoms with E-state index in [0.717, 1.165) is 60.9 Å². The van der Waals surface area contributed by atoms with Crippen molar-refractivity contribution in [1.29, 1.82) is 0 Å².